The summed E-state index contributed by atoms with van der Waals surface area (Å²) in [4.78, 5) is 14.0. The van der Waals surface area contributed by atoms with Gasteiger partial charge in [-0.15, -0.1) is 0 Å². The van der Waals surface area contributed by atoms with Gasteiger partial charge in [0.25, 0.3) is 5.91 Å². The maximum absolute atomic E-state index is 12.0. The zero-order valence-electron chi connectivity index (χ0n) is 8.95. The molecule has 2 fully saturated rings. The molecule has 3 nitrogen and oxygen atoms in total. The summed E-state index contributed by atoms with van der Waals surface area (Å²) < 4.78 is 5.42. The molecule has 2 aliphatic rings. The summed E-state index contributed by atoms with van der Waals surface area (Å²) in [7, 11) is 0. The van der Waals surface area contributed by atoms with Gasteiger partial charge in [-0.3, -0.25) is 4.79 Å². The third kappa shape index (κ3) is 2.72. The lowest BCUT2D eigenvalue weighted by atomic mass is 9.98. The number of rotatable bonds is 2. The number of likely N-dealkylation sites (tertiary alicyclic amines) is 1. The zero-order valence-corrected chi connectivity index (χ0v) is 10.5. The number of carbonyl (C=O) groups excluding carboxylic acids is 1. The molecule has 2 aliphatic heterocycles. The molecular weight excluding hydrogens is 258 g/mol. The van der Waals surface area contributed by atoms with Gasteiger partial charge in [0.1, 0.15) is 6.10 Å². The average Bonchev–Trinajstić information content (AvgIpc) is 2.82. The van der Waals surface area contributed by atoms with E-state index in [0.29, 0.717) is 0 Å². The van der Waals surface area contributed by atoms with Crippen LogP contribution in [-0.2, 0) is 9.53 Å². The first kappa shape index (κ1) is 11.4. The van der Waals surface area contributed by atoms with Gasteiger partial charge in [-0.1, -0.05) is 15.9 Å². The Hall–Kier alpha value is -0.0900. The van der Waals surface area contributed by atoms with Crippen molar-refractivity contribution >= 4 is 21.8 Å². The van der Waals surface area contributed by atoms with E-state index in [-0.39, 0.29) is 12.0 Å². The van der Waals surface area contributed by atoms with Crippen LogP contribution in [0.1, 0.15) is 25.7 Å². The van der Waals surface area contributed by atoms with Crippen LogP contribution in [0.15, 0.2) is 0 Å². The second-order valence-corrected chi connectivity index (χ2v) is 5.07. The van der Waals surface area contributed by atoms with Crippen molar-refractivity contribution in [2.24, 2.45) is 5.92 Å². The molecule has 1 atom stereocenters. The highest BCUT2D eigenvalue weighted by atomic mass is 79.9. The molecule has 1 unspecified atom stereocenters. The first-order chi connectivity index (χ1) is 7.31. The summed E-state index contributed by atoms with van der Waals surface area (Å²) in [6.07, 6.45) is 4.07. The highest BCUT2D eigenvalue weighted by Gasteiger charge is 2.30. The van der Waals surface area contributed by atoms with E-state index < -0.39 is 0 Å². The van der Waals surface area contributed by atoms with Crippen LogP contribution >= 0.6 is 15.9 Å². The molecule has 0 aromatic rings. The van der Waals surface area contributed by atoms with Crippen LogP contribution in [0.2, 0.25) is 0 Å². The first-order valence-corrected chi connectivity index (χ1v) is 6.89. The van der Waals surface area contributed by atoms with Gasteiger partial charge in [-0.25, -0.2) is 0 Å². The standard InChI is InChI=1S/C11H18BrNO2/c12-8-9-3-5-13(6-4-9)11(14)10-2-1-7-15-10/h9-10H,1-8H2. The fraction of sp³-hybridized carbons (Fsp3) is 0.909. The van der Waals surface area contributed by atoms with Crippen LogP contribution in [0, 0.1) is 5.92 Å². The number of nitrogens with zero attached hydrogens (tertiary/aromatic N) is 1. The summed E-state index contributed by atoms with van der Waals surface area (Å²) >= 11 is 3.51. The molecule has 0 spiro atoms. The Kier molecular flexibility index (Phi) is 4.03. The molecule has 2 saturated heterocycles. The van der Waals surface area contributed by atoms with Gasteiger partial charge in [0, 0.05) is 25.0 Å². The zero-order chi connectivity index (χ0) is 10.7. The van der Waals surface area contributed by atoms with Gasteiger partial charge in [0.2, 0.25) is 0 Å². The molecule has 0 aromatic heterocycles. The number of carbonyl (C=O) groups is 1. The van der Waals surface area contributed by atoms with Gasteiger partial charge < -0.3 is 9.64 Å². The third-order valence-corrected chi connectivity index (χ3v) is 4.27. The van der Waals surface area contributed by atoms with Crippen LogP contribution < -0.4 is 0 Å². The number of piperidine rings is 1. The number of ether oxygens (including phenoxy) is 1. The van der Waals surface area contributed by atoms with Crippen LogP contribution in [0.25, 0.3) is 0 Å². The molecule has 86 valence electrons. The number of hydrogen-bond acceptors (Lipinski definition) is 2. The van der Waals surface area contributed by atoms with Crippen LogP contribution in [0.5, 0.6) is 0 Å². The monoisotopic (exact) mass is 275 g/mol. The highest BCUT2D eigenvalue weighted by Crippen LogP contribution is 2.22. The molecule has 4 heteroatoms. The maximum Gasteiger partial charge on any atom is 0.251 e. The van der Waals surface area contributed by atoms with E-state index in [1.165, 1.54) is 0 Å². The SMILES string of the molecule is O=C(C1CCCO1)N1CCC(CBr)CC1. The van der Waals surface area contributed by atoms with E-state index in [1.54, 1.807) is 0 Å². The van der Waals surface area contributed by atoms with E-state index in [9.17, 15) is 4.79 Å². The topological polar surface area (TPSA) is 29.5 Å². The summed E-state index contributed by atoms with van der Waals surface area (Å²) in [5.74, 6) is 0.971. The predicted octanol–water partition coefficient (Wildman–Crippen LogP) is 1.80. The Balaban J connectivity index is 1.81. The fourth-order valence-electron chi connectivity index (χ4n) is 2.28. The van der Waals surface area contributed by atoms with Crippen molar-refractivity contribution in [3.05, 3.63) is 0 Å². The van der Waals surface area contributed by atoms with Crippen molar-refractivity contribution in [1.82, 2.24) is 4.90 Å². The summed E-state index contributed by atoms with van der Waals surface area (Å²) in [6.45, 7) is 2.58. The van der Waals surface area contributed by atoms with E-state index in [2.05, 4.69) is 15.9 Å². The van der Waals surface area contributed by atoms with Crippen molar-refractivity contribution in [3.8, 4) is 0 Å². The Bertz CT molecular complexity index is 221. The second kappa shape index (κ2) is 5.30. The Morgan fingerprint density at radius 3 is 2.60 bits per heavy atom. The quantitative estimate of drug-likeness (QED) is 0.720. The van der Waals surface area contributed by atoms with Crippen LogP contribution in [0.3, 0.4) is 0 Å². The first-order valence-electron chi connectivity index (χ1n) is 5.77. The highest BCUT2D eigenvalue weighted by molar-refractivity contribution is 9.09. The van der Waals surface area contributed by atoms with E-state index >= 15 is 0 Å². The Morgan fingerprint density at radius 1 is 1.33 bits per heavy atom. The minimum Gasteiger partial charge on any atom is -0.368 e. The molecule has 1 amide bonds. The summed E-state index contributed by atoms with van der Waals surface area (Å²) in [6, 6.07) is 0. The second-order valence-electron chi connectivity index (χ2n) is 4.42. The third-order valence-electron chi connectivity index (χ3n) is 3.35. The van der Waals surface area contributed by atoms with Crippen molar-refractivity contribution in [1.29, 1.82) is 0 Å². The van der Waals surface area contributed by atoms with Gasteiger partial charge >= 0.3 is 0 Å². The summed E-state index contributed by atoms with van der Waals surface area (Å²) in [5.41, 5.74) is 0. The molecular formula is C11H18BrNO2. The summed E-state index contributed by atoms with van der Waals surface area (Å²) in [5, 5.41) is 1.06. The minimum absolute atomic E-state index is 0.134. The Morgan fingerprint density at radius 2 is 2.07 bits per heavy atom. The van der Waals surface area contributed by atoms with E-state index in [4.69, 9.17) is 4.74 Å². The minimum atomic E-state index is -0.134. The predicted molar refractivity (Wildman–Crippen MR) is 62.1 cm³/mol. The molecule has 0 radical (unpaired) electrons. The van der Waals surface area contributed by atoms with Gasteiger partial charge in [0.15, 0.2) is 0 Å². The lowest BCUT2D eigenvalue weighted by Crippen LogP contribution is -2.43. The van der Waals surface area contributed by atoms with Crippen molar-refractivity contribution in [2.45, 2.75) is 31.8 Å². The smallest absolute Gasteiger partial charge is 0.251 e. The number of alkyl halides is 1. The largest absolute Gasteiger partial charge is 0.368 e. The molecule has 2 heterocycles. The van der Waals surface area contributed by atoms with Gasteiger partial charge in [-0.2, -0.15) is 0 Å². The van der Waals surface area contributed by atoms with Crippen LogP contribution in [0.4, 0.5) is 0 Å². The van der Waals surface area contributed by atoms with E-state index in [0.717, 1.165) is 56.6 Å². The molecule has 15 heavy (non-hydrogen) atoms. The van der Waals surface area contributed by atoms with Crippen molar-refractivity contribution in [2.75, 3.05) is 25.0 Å². The number of hydrogen-bond donors (Lipinski definition) is 0. The maximum atomic E-state index is 12.0. The van der Waals surface area contributed by atoms with Gasteiger partial charge in [-0.05, 0) is 31.6 Å². The van der Waals surface area contributed by atoms with Gasteiger partial charge in [0.05, 0.1) is 0 Å². The number of halogens is 1. The van der Waals surface area contributed by atoms with Crippen molar-refractivity contribution in [3.63, 3.8) is 0 Å². The van der Waals surface area contributed by atoms with Crippen LogP contribution in [-0.4, -0.2) is 41.9 Å². The molecule has 0 aliphatic carbocycles. The molecule has 0 saturated carbocycles. The lowest BCUT2D eigenvalue weighted by molar-refractivity contribution is -0.142. The molecule has 0 N–H and O–H groups in total. The molecule has 2 rings (SSSR count). The molecule has 0 aromatic carbocycles. The lowest BCUT2D eigenvalue weighted by Gasteiger charge is -2.32. The average molecular weight is 276 g/mol. The fourth-order valence-corrected chi connectivity index (χ4v) is 2.93. The van der Waals surface area contributed by atoms with E-state index in [1.807, 2.05) is 4.90 Å². The normalized spacial score (nSPS) is 28.3. The van der Waals surface area contributed by atoms with Crippen molar-refractivity contribution < 1.29 is 9.53 Å². The Labute approximate surface area is 99.3 Å². The number of amides is 1. The molecule has 0 bridgehead atoms.